The zero-order valence-electron chi connectivity index (χ0n) is 17.0. The normalized spacial score (nSPS) is 10.2. The minimum absolute atomic E-state index is 0.338. The zero-order valence-corrected chi connectivity index (χ0v) is 17.0. The van der Waals surface area contributed by atoms with Crippen molar-refractivity contribution in [2.24, 2.45) is 0 Å². The molecule has 0 aliphatic carbocycles. The molecule has 2 N–H and O–H groups in total. The summed E-state index contributed by atoms with van der Waals surface area (Å²) in [5.41, 5.74) is 6.86. The number of benzene rings is 4. The second-order valence-corrected chi connectivity index (χ2v) is 7.09. The molecule has 0 bridgehead atoms. The van der Waals surface area contributed by atoms with E-state index in [1.807, 2.05) is 42.5 Å². The molecule has 0 spiro atoms. The lowest BCUT2D eigenvalue weighted by atomic mass is 10.1. The summed E-state index contributed by atoms with van der Waals surface area (Å²) >= 11 is 0. The lowest BCUT2D eigenvalue weighted by Gasteiger charge is -2.09. The molecular weight excluding hydrogens is 402 g/mol. The molecule has 156 valence electrons. The number of hydrogen-bond donors (Lipinski definition) is 2. The summed E-state index contributed by atoms with van der Waals surface area (Å²) in [7, 11) is 0. The molecule has 0 aromatic heterocycles. The molecule has 0 heterocycles. The summed E-state index contributed by atoms with van der Waals surface area (Å²) < 4.78 is 5.87. The van der Waals surface area contributed by atoms with Crippen molar-refractivity contribution in [2.75, 3.05) is 0 Å². The highest BCUT2D eigenvalue weighted by atomic mass is 16.5. The standard InChI is InChI=1S/C26H19N3O3/c27-16-18-5-9-21(10-6-18)25(30)28-29-26(31)22-11-7-19(8-12-22)17-32-24-14-13-20-3-1-2-4-23(20)15-24/h1-15H,17H2,(H,28,30)(H,29,31). The van der Waals surface area contributed by atoms with Crippen LogP contribution in [0.15, 0.2) is 91.0 Å². The van der Waals surface area contributed by atoms with E-state index in [-0.39, 0.29) is 0 Å². The summed E-state index contributed by atoms with van der Waals surface area (Å²) in [5.74, 6) is -0.131. The van der Waals surface area contributed by atoms with Gasteiger partial charge in [-0.2, -0.15) is 5.26 Å². The first-order valence-electron chi connectivity index (χ1n) is 9.94. The van der Waals surface area contributed by atoms with Gasteiger partial charge in [0.05, 0.1) is 11.6 Å². The number of nitrogens with zero attached hydrogens (tertiary/aromatic N) is 1. The Morgan fingerprint density at radius 2 is 1.34 bits per heavy atom. The second-order valence-electron chi connectivity index (χ2n) is 7.09. The Hall–Kier alpha value is -4.63. The molecule has 4 rings (SSSR count). The topological polar surface area (TPSA) is 91.2 Å². The maximum Gasteiger partial charge on any atom is 0.269 e. The number of nitriles is 1. The average Bonchev–Trinajstić information content (AvgIpc) is 2.86. The Bertz CT molecular complexity index is 1310. The maximum absolute atomic E-state index is 12.3. The van der Waals surface area contributed by atoms with Gasteiger partial charge in [0.15, 0.2) is 0 Å². The van der Waals surface area contributed by atoms with Crippen LogP contribution in [0.3, 0.4) is 0 Å². The lowest BCUT2D eigenvalue weighted by Crippen LogP contribution is -2.41. The summed E-state index contributed by atoms with van der Waals surface area (Å²) in [6, 6.07) is 29.1. The van der Waals surface area contributed by atoms with Crippen molar-refractivity contribution in [2.45, 2.75) is 6.61 Å². The van der Waals surface area contributed by atoms with Crippen LogP contribution < -0.4 is 15.6 Å². The molecule has 32 heavy (non-hydrogen) atoms. The van der Waals surface area contributed by atoms with E-state index in [2.05, 4.69) is 16.9 Å². The molecule has 6 nitrogen and oxygen atoms in total. The van der Waals surface area contributed by atoms with E-state index in [1.54, 1.807) is 24.3 Å². The Labute approximate surface area is 185 Å². The average molecular weight is 421 g/mol. The van der Waals surface area contributed by atoms with Crippen LogP contribution in [0, 0.1) is 11.3 Å². The van der Waals surface area contributed by atoms with Crippen molar-refractivity contribution in [3.05, 3.63) is 113 Å². The van der Waals surface area contributed by atoms with Gasteiger partial charge < -0.3 is 4.74 Å². The van der Waals surface area contributed by atoms with E-state index >= 15 is 0 Å². The Morgan fingerprint density at radius 3 is 1.97 bits per heavy atom. The predicted octanol–water partition coefficient (Wildman–Crippen LogP) is 4.37. The van der Waals surface area contributed by atoms with Gasteiger partial charge >= 0.3 is 0 Å². The molecule has 0 atom stereocenters. The van der Waals surface area contributed by atoms with Crippen LogP contribution in [0.2, 0.25) is 0 Å². The molecule has 0 aliphatic rings. The summed E-state index contributed by atoms with van der Waals surface area (Å²) in [4.78, 5) is 24.4. The van der Waals surface area contributed by atoms with Gasteiger partial charge in [0.2, 0.25) is 0 Å². The van der Waals surface area contributed by atoms with E-state index in [0.29, 0.717) is 23.3 Å². The summed E-state index contributed by atoms with van der Waals surface area (Å²) in [6.07, 6.45) is 0. The smallest absolute Gasteiger partial charge is 0.269 e. The largest absolute Gasteiger partial charge is 0.489 e. The van der Waals surface area contributed by atoms with E-state index in [4.69, 9.17) is 10.00 Å². The van der Waals surface area contributed by atoms with Gasteiger partial charge in [-0.05, 0) is 64.9 Å². The Morgan fingerprint density at radius 1 is 0.750 bits per heavy atom. The number of hydrazine groups is 1. The van der Waals surface area contributed by atoms with Gasteiger partial charge in [0, 0.05) is 11.1 Å². The number of amides is 2. The third kappa shape index (κ3) is 4.91. The van der Waals surface area contributed by atoms with E-state index in [9.17, 15) is 9.59 Å². The van der Waals surface area contributed by atoms with Crippen LogP contribution in [-0.4, -0.2) is 11.8 Å². The number of carbonyl (C=O) groups excluding carboxylic acids is 2. The fourth-order valence-corrected chi connectivity index (χ4v) is 3.13. The molecule has 4 aromatic rings. The number of carbonyl (C=O) groups is 2. The predicted molar refractivity (Wildman–Crippen MR) is 121 cm³/mol. The van der Waals surface area contributed by atoms with Gasteiger partial charge in [-0.15, -0.1) is 0 Å². The Kier molecular flexibility index (Phi) is 6.10. The summed E-state index contributed by atoms with van der Waals surface area (Å²) in [5, 5.41) is 11.1. The van der Waals surface area contributed by atoms with Crippen molar-refractivity contribution < 1.29 is 14.3 Å². The van der Waals surface area contributed by atoms with Gasteiger partial charge in [-0.3, -0.25) is 20.4 Å². The Balaban J connectivity index is 1.30. The minimum atomic E-state index is -0.469. The van der Waals surface area contributed by atoms with Crippen molar-refractivity contribution in [1.29, 1.82) is 5.26 Å². The number of fused-ring (bicyclic) bond motifs is 1. The lowest BCUT2D eigenvalue weighted by molar-refractivity contribution is 0.0846. The quantitative estimate of drug-likeness (QED) is 0.468. The van der Waals surface area contributed by atoms with Crippen LogP contribution in [0.4, 0.5) is 0 Å². The zero-order chi connectivity index (χ0) is 22.3. The molecule has 2 amide bonds. The number of hydrogen-bond acceptors (Lipinski definition) is 4. The van der Waals surface area contributed by atoms with Crippen LogP contribution >= 0.6 is 0 Å². The summed E-state index contributed by atoms with van der Waals surface area (Å²) in [6.45, 7) is 0.371. The van der Waals surface area contributed by atoms with Crippen LogP contribution in [0.1, 0.15) is 31.8 Å². The number of rotatable bonds is 5. The highest BCUT2D eigenvalue weighted by molar-refractivity contribution is 5.99. The second kappa shape index (κ2) is 9.45. The number of ether oxygens (including phenoxy) is 1. The molecule has 0 unspecified atom stereocenters. The highest BCUT2D eigenvalue weighted by Crippen LogP contribution is 2.21. The SMILES string of the molecule is N#Cc1ccc(C(=O)NNC(=O)c2ccc(COc3ccc4ccccc4c3)cc2)cc1. The third-order valence-corrected chi connectivity index (χ3v) is 4.91. The third-order valence-electron chi connectivity index (χ3n) is 4.91. The maximum atomic E-state index is 12.3. The van der Waals surface area contributed by atoms with Gasteiger partial charge in [-0.1, -0.05) is 42.5 Å². The van der Waals surface area contributed by atoms with Crippen LogP contribution in [0.5, 0.6) is 5.75 Å². The molecule has 0 radical (unpaired) electrons. The molecule has 4 aromatic carbocycles. The highest BCUT2D eigenvalue weighted by Gasteiger charge is 2.09. The molecular formula is C26H19N3O3. The van der Waals surface area contributed by atoms with Crippen molar-refractivity contribution >= 4 is 22.6 Å². The van der Waals surface area contributed by atoms with Crippen molar-refractivity contribution in [1.82, 2.24) is 10.9 Å². The minimum Gasteiger partial charge on any atom is -0.489 e. The van der Waals surface area contributed by atoms with E-state index < -0.39 is 11.8 Å². The fourth-order valence-electron chi connectivity index (χ4n) is 3.13. The van der Waals surface area contributed by atoms with E-state index in [1.165, 1.54) is 24.3 Å². The molecule has 6 heteroatoms. The molecule has 0 fully saturated rings. The van der Waals surface area contributed by atoms with E-state index in [0.717, 1.165) is 22.1 Å². The van der Waals surface area contributed by atoms with Gasteiger partial charge in [0.25, 0.3) is 11.8 Å². The molecule has 0 saturated heterocycles. The first-order chi connectivity index (χ1) is 15.6. The van der Waals surface area contributed by atoms with Crippen LogP contribution in [-0.2, 0) is 6.61 Å². The first kappa shape index (κ1) is 20.6. The first-order valence-corrected chi connectivity index (χ1v) is 9.94. The van der Waals surface area contributed by atoms with Gasteiger partial charge in [-0.25, -0.2) is 0 Å². The van der Waals surface area contributed by atoms with Crippen molar-refractivity contribution in [3.63, 3.8) is 0 Å². The molecule has 0 saturated carbocycles. The number of nitrogens with one attached hydrogen (secondary N) is 2. The van der Waals surface area contributed by atoms with Crippen LogP contribution in [0.25, 0.3) is 10.8 Å². The molecule has 0 aliphatic heterocycles. The fraction of sp³-hybridized carbons (Fsp3) is 0.0385. The van der Waals surface area contributed by atoms with Crippen molar-refractivity contribution in [3.8, 4) is 11.8 Å². The monoisotopic (exact) mass is 421 g/mol. The van der Waals surface area contributed by atoms with Gasteiger partial charge in [0.1, 0.15) is 12.4 Å².